The van der Waals surface area contributed by atoms with E-state index >= 15 is 0 Å². The number of hydrogen-bond donors (Lipinski definition) is 1. The first-order chi connectivity index (χ1) is 16.7. The summed E-state index contributed by atoms with van der Waals surface area (Å²) in [4.78, 5) is 40.0. The molecule has 36 heavy (non-hydrogen) atoms. The molecular formula is C27H38N2O7. The van der Waals surface area contributed by atoms with Crippen LogP contribution in [0.4, 0.5) is 0 Å². The van der Waals surface area contributed by atoms with E-state index in [4.69, 9.17) is 24.7 Å². The van der Waals surface area contributed by atoms with Gasteiger partial charge in [0.1, 0.15) is 17.3 Å². The van der Waals surface area contributed by atoms with Crippen LogP contribution in [-0.4, -0.2) is 58.5 Å². The van der Waals surface area contributed by atoms with Crippen molar-refractivity contribution in [3.63, 3.8) is 0 Å². The molecule has 0 unspecified atom stereocenters. The van der Waals surface area contributed by atoms with Crippen molar-refractivity contribution >= 4 is 17.8 Å². The summed E-state index contributed by atoms with van der Waals surface area (Å²) in [5.41, 5.74) is 5.09. The van der Waals surface area contributed by atoms with E-state index < -0.39 is 28.9 Å². The van der Waals surface area contributed by atoms with Gasteiger partial charge in [0.05, 0.1) is 18.6 Å². The van der Waals surface area contributed by atoms with Crippen LogP contribution in [0.3, 0.4) is 0 Å². The minimum Gasteiger partial charge on any atom is -0.468 e. The molecule has 0 saturated carbocycles. The summed E-state index contributed by atoms with van der Waals surface area (Å²) in [6.45, 7) is 11.3. The fourth-order valence-electron chi connectivity index (χ4n) is 5.74. The highest BCUT2D eigenvalue weighted by Gasteiger charge is 2.55. The third kappa shape index (κ3) is 5.52. The van der Waals surface area contributed by atoms with E-state index in [2.05, 4.69) is 0 Å². The number of para-hydroxylation sites is 1. The van der Waals surface area contributed by atoms with E-state index in [0.717, 1.165) is 5.56 Å². The Labute approximate surface area is 212 Å². The second-order valence-corrected chi connectivity index (χ2v) is 11.7. The molecule has 198 valence electrons. The number of piperidine rings is 1. The van der Waals surface area contributed by atoms with Crippen LogP contribution >= 0.6 is 0 Å². The lowest BCUT2D eigenvalue weighted by Crippen LogP contribution is -2.65. The second-order valence-electron chi connectivity index (χ2n) is 11.7. The average molecular weight is 503 g/mol. The molecule has 1 aromatic rings. The number of nitrogens with zero attached hydrogens (tertiary/aromatic N) is 1. The number of hydrogen-bond acceptors (Lipinski definition) is 7. The van der Waals surface area contributed by atoms with Crippen molar-refractivity contribution in [3.05, 3.63) is 29.8 Å². The summed E-state index contributed by atoms with van der Waals surface area (Å²) >= 11 is 0. The maximum absolute atomic E-state index is 13.6. The van der Waals surface area contributed by atoms with E-state index in [1.807, 2.05) is 65.8 Å². The van der Waals surface area contributed by atoms with Crippen molar-refractivity contribution in [2.45, 2.75) is 102 Å². The number of primary amides is 1. The molecule has 4 rings (SSSR count). The van der Waals surface area contributed by atoms with Crippen LogP contribution in [0.1, 0.15) is 78.7 Å². The lowest BCUT2D eigenvalue weighted by molar-refractivity contribution is -0.301. The first kappa shape index (κ1) is 26.4. The van der Waals surface area contributed by atoms with Crippen LogP contribution in [-0.2, 0) is 28.6 Å². The number of likely N-dealkylation sites (tertiary alicyclic amines) is 1. The quantitative estimate of drug-likeness (QED) is 0.469. The van der Waals surface area contributed by atoms with Crippen molar-refractivity contribution in [3.8, 4) is 5.75 Å². The van der Waals surface area contributed by atoms with Gasteiger partial charge in [0.15, 0.2) is 11.5 Å². The average Bonchev–Trinajstić information content (AvgIpc) is 2.70. The molecule has 2 bridgehead atoms. The monoisotopic (exact) mass is 502 g/mol. The van der Waals surface area contributed by atoms with E-state index in [0.29, 0.717) is 31.6 Å². The summed E-state index contributed by atoms with van der Waals surface area (Å²) < 4.78 is 23.9. The third-order valence-corrected chi connectivity index (χ3v) is 6.97. The molecule has 9 heteroatoms. The summed E-state index contributed by atoms with van der Waals surface area (Å²) in [5, 5.41) is 0. The van der Waals surface area contributed by atoms with Gasteiger partial charge in [-0.25, -0.2) is 0 Å². The summed E-state index contributed by atoms with van der Waals surface area (Å²) in [7, 11) is 0. The molecule has 0 spiro atoms. The van der Waals surface area contributed by atoms with Crippen molar-refractivity contribution < 1.29 is 33.3 Å². The van der Waals surface area contributed by atoms with Crippen molar-refractivity contribution in [1.82, 2.24) is 4.90 Å². The Hall–Kier alpha value is -2.65. The highest BCUT2D eigenvalue weighted by molar-refractivity contribution is 6.01. The molecule has 3 aliphatic rings. The van der Waals surface area contributed by atoms with Gasteiger partial charge < -0.3 is 29.6 Å². The maximum atomic E-state index is 13.6. The molecule has 2 saturated heterocycles. The number of amides is 2. The number of carbonyl (C=O) groups is 3. The molecule has 2 amide bonds. The van der Waals surface area contributed by atoms with Crippen LogP contribution in [0, 0.1) is 5.92 Å². The Morgan fingerprint density at radius 3 is 2.47 bits per heavy atom. The highest BCUT2D eigenvalue weighted by Crippen LogP contribution is 2.50. The van der Waals surface area contributed by atoms with Crippen molar-refractivity contribution in [1.29, 1.82) is 0 Å². The third-order valence-electron chi connectivity index (χ3n) is 6.97. The van der Waals surface area contributed by atoms with Crippen LogP contribution in [0.5, 0.6) is 5.75 Å². The molecule has 3 aliphatic heterocycles. The molecular weight excluding hydrogens is 464 g/mol. The first-order valence-electron chi connectivity index (χ1n) is 12.6. The van der Waals surface area contributed by atoms with E-state index in [1.54, 1.807) is 4.90 Å². The predicted octanol–water partition coefficient (Wildman–Crippen LogP) is 3.24. The topological polar surface area (TPSA) is 117 Å². The van der Waals surface area contributed by atoms with Gasteiger partial charge in [0.25, 0.3) is 0 Å². The predicted molar refractivity (Wildman–Crippen MR) is 131 cm³/mol. The van der Waals surface area contributed by atoms with Crippen LogP contribution in [0.15, 0.2) is 24.3 Å². The summed E-state index contributed by atoms with van der Waals surface area (Å²) in [6, 6.07) is 7.49. The molecule has 0 aliphatic carbocycles. The van der Waals surface area contributed by atoms with E-state index in [1.165, 1.54) is 0 Å². The normalized spacial score (nSPS) is 31.3. The number of ether oxygens (including phenoxy) is 4. The van der Waals surface area contributed by atoms with Gasteiger partial charge in [0.2, 0.25) is 11.8 Å². The Bertz CT molecular complexity index is 1030. The first-order valence-corrected chi connectivity index (χ1v) is 12.6. The van der Waals surface area contributed by atoms with Gasteiger partial charge in [-0.1, -0.05) is 18.2 Å². The molecule has 2 N–H and O–H groups in total. The number of benzene rings is 1. The van der Waals surface area contributed by atoms with Crippen LogP contribution in [0.2, 0.25) is 0 Å². The largest absolute Gasteiger partial charge is 0.468 e. The fraction of sp³-hybridized carbons (Fsp3) is 0.667. The van der Waals surface area contributed by atoms with Crippen LogP contribution in [0.25, 0.3) is 0 Å². The standard InChI is InChI=1S/C27H38N2O7/c1-25(2,3)36-21(30)14-17-13-16(33-26(4,5)34-17)11-12-29-24(32)22(23(28)31)19-15-27(29,6)35-20-10-8-7-9-18(19)20/h7-10,16-17,19,22H,11-15H2,1-6H3,(H2,28,31)/t16-,17-,19+,22+,27-/m1/s1. The van der Waals surface area contributed by atoms with Gasteiger partial charge in [-0.05, 0) is 59.6 Å². The van der Waals surface area contributed by atoms with E-state index in [9.17, 15) is 14.4 Å². The Kier molecular flexibility index (Phi) is 6.85. The van der Waals surface area contributed by atoms with Crippen molar-refractivity contribution in [2.75, 3.05) is 6.54 Å². The number of carbonyl (C=O) groups excluding carboxylic acids is 3. The number of nitrogens with two attached hydrogens (primary N) is 1. The lowest BCUT2D eigenvalue weighted by Gasteiger charge is -2.53. The van der Waals surface area contributed by atoms with Gasteiger partial charge in [0, 0.05) is 25.3 Å². The zero-order valence-electron chi connectivity index (χ0n) is 22.0. The molecule has 3 heterocycles. The summed E-state index contributed by atoms with van der Waals surface area (Å²) in [5.74, 6) is -2.78. The smallest absolute Gasteiger partial charge is 0.308 e. The van der Waals surface area contributed by atoms with Crippen LogP contribution < -0.4 is 10.5 Å². The molecule has 2 fully saturated rings. The summed E-state index contributed by atoms with van der Waals surface area (Å²) in [6.07, 6.45) is 0.921. The highest BCUT2D eigenvalue weighted by atomic mass is 16.7. The number of esters is 1. The zero-order valence-corrected chi connectivity index (χ0v) is 22.0. The molecule has 5 atom stereocenters. The Balaban J connectivity index is 1.49. The lowest BCUT2D eigenvalue weighted by atomic mass is 9.73. The van der Waals surface area contributed by atoms with Crippen molar-refractivity contribution in [2.24, 2.45) is 11.7 Å². The molecule has 1 aromatic carbocycles. The molecule has 0 radical (unpaired) electrons. The Morgan fingerprint density at radius 1 is 1.14 bits per heavy atom. The molecule has 9 nitrogen and oxygen atoms in total. The van der Waals surface area contributed by atoms with Gasteiger partial charge in [-0.3, -0.25) is 14.4 Å². The molecule has 0 aromatic heterocycles. The number of fused-ring (bicyclic) bond motifs is 4. The fourth-order valence-corrected chi connectivity index (χ4v) is 5.74. The van der Waals surface area contributed by atoms with Gasteiger partial charge in [-0.15, -0.1) is 0 Å². The maximum Gasteiger partial charge on any atom is 0.308 e. The van der Waals surface area contributed by atoms with E-state index in [-0.39, 0.29) is 36.4 Å². The second kappa shape index (κ2) is 9.34. The SMILES string of the molecule is CC(C)(C)OC(=O)C[C@H]1C[C@@H](CCN2C(=O)[C@H](C(N)=O)[C@H]3C[C@@]2(C)Oc2ccccc23)OC(C)(C)O1. The minimum absolute atomic E-state index is 0.117. The zero-order chi connectivity index (χ0) is 26.5. The van der Waals surface area contributed by atoms with Gasteiger partial charge in [-0.2, -0.15) is 0 Å². The number of rotatable bonds is 6. The minimum atomic E-state index is -0.949. The van der Waals surface area contributed by atoms with Gasteiger partial charge >= 0.3 is 5.97 Å². The Morgan fingerprint density at radius 2 is 1.81 bits per heavy atom.